The number of hydrogen-bond acceptors (Lipinski definition) is 5. The number of hydrogen-bond donors (Lipinski definition) is 1. The van der Waals surface area contributed by atoms with Crippen LogP contribution in [-0.2, 0) is 6.54 Å². The summed E-state index contributed by atoms with van der Waals surface area (Å²) < 4.78 is 10.9. The Morgan fingerprint density at radius 3 is 2.43 bits per heavy atom. The molecule has 1 N–H and O–H groups in total. The van der Waals surface area contributed by atoms with Crippen molar-refractivity contribution in [2.45, 2.75) is 32.2 Å². The van der Waals surface area contributed by atoms with E-state index in [1.54, 1.807) is 19.2 Å². The summed E-state index contributed by atoms with van der Waals surface area (Å²) >= 11 is 0. The zero-order valence-corrected chi connectivity index (χ0v) is 16.1. The van der Waals surface area contributed by atoms with E-state index in [-0.39, 0.29) is 5.75 Å². The molecule has 0 saturated carbocycles. The molecule has 1 saturated heterocycles. The van der Waals surface area contributed by atoms with Gasteiger partial charge in [0.1, 0.15) is 17.1 Å². The lowest BCUT2D eigenvalue weighted by Crippen LogP contribution is -2.24. The molecule has 0 atom stereocenters. The van der Waals surface area contributed by atoms with Gasteiger partial charge >= 0.3 is 5.63 Å². The molecular weight excluding hydrogens is 354 g/mol. The number of nitrogens with zero attached hydrogens (tertiary/aromatic N) is 1. The van der Waals surface area contributed by atoms with E-state index in [1.165, 1.54) is 12.8 Å². The first-order valence-corrected chi connectivity index (χ1v) is 9.81. The number of ether oxygens (including phenoxy) is 1. The summed E-state index contributed by atoms with van der Waals surface area (Å²) in [5.41, 5.74) is 2.05. The van der Waals surface area contributed by atoms with Crippen LogP contribution in [0.1, 0.15) is 31.2 Å². The molecule has 1 fully saturated rings. The molecule has 0 unspecified atom stereocenters. The van der Waals surface area contributed by atoms with Gasteiger partial charge in [-0.25, -0.2) is 4.79 Å². The van der Waals surface area contributed by atoms with Gasteiger partial charge in [0.25, 0.3) is 0 Å². The maximum atomic E-state index is 12.7. The van der Waals surface area contributed by atoms with Gasteiger partial charge in [-0.3, -0.25) is 4.90 Å². The van der Waals surface area contributed by atoms with Crippen LogP contribution in [0.15, 0.2) is 51.7 Å². The van der Waals surface area contributed by atoms with Crippen LogP contribution in [0.2, 0.25) is 0 Å². The number of benzene rings is 2. The van der Waals surface area contributed by atoms with Crippen molar-refractivity contribution < 1.29 is 14.3 Å². The number of fused-ring (bicyclic) bond motifs is 1. The Labute approximate surface area is 164 Å². The molecule has 2 aromatic carbocycles. The third kappa shape index (κ3) is 3.76. The van der Waals surface area contributed by atoms with Crippen molar-refractivity contribution in [3.8, 4) is 22.6 Å². The number of rotatable bonds is 4. The van der Waals surface area contributed by atoms with Gasteiger partial charge in [-0.1, -0.05) is 25.0 Å². The summed E-state index contributed by atoms with van der Waals surface area (Å²) in [5, 5.41) is 11.3. The first-order valence-electron chi connectivity index (χ1n) is 9.81. The fourth-order valence-electron chi connectivity index (χ4n) is 3.87. The minimum Gasteiger partial charge on any atom is -0.507 e. The molecule has 0 amide bonds. The largest absolute Gasteiger partial charge is 0.507 e. The highest BCUT2D eigenvalue weighted by Crippen LogP contribution is 2.31. The van der Waals surface area contributed by atoms with Gasteiger partial charge in [0, 0.05) is 11.9 Å². The van der Waals surface area contributed by atoms with E-state index in [9.17, 15) is 9.90 Å². The number of phenols is 1. The summed E-state index contributed by atoms with van der Waals surface area (Å²) in [6.45, 7) is 2.60. The first-order chi connectivity index (χ1) is 13.7. The van der Waals surface area contributed by atoms with Gasteiger partial charge in [0.05, 0.1) is 18.2 Å². The van der Waals surface area contributed by atoms with Crippen molar-refractivity contribution in [3.63, 3.8) is 0 Å². The van der Waals surface area contributed by atoms with Gasteiger partial charge < -0.3 is 14.3 Å². The fourth-order valence-corrected chi connectivity index (χ4v) is 3.87. The highest BCUT2D eigenvalue weighted by Gasteiger charge is 2.17. The van der Waals surface area contributed by atoms with Gasteiger partial charge in [-0.05, 0) is 61.8 Å². The van der Waals surface area contributed by atoms with Crippen LogP contribution in [0.4, 0.5) is 0 Å². The van der Waals surface area contributed by atoms with E-state index in [0.29, 0.717) is 23.3 Å². The summed E-state index contributed by atoms with van der Waals surface area (Å²) in [7, 11) is 1.61. The SMILES string of the molecule is COc1ccc(-c2cc3ccc(O)c(CN4CCCCCC4)c3oc2=O)cc1. The molecule has 0 spiro atoms. The zero-order chi connectivity index (χ0) is 19.5. The number of phenolic OH excluding ortho intramolecular Hbond substituents is 1. The van der Waals surface area contributed by atoms with Crippen LogP contribution >= 0.6 is 0 Å². The molecule has 4 rings (SSSR count). The highest BCUT2D eigenvalue weighted by molar-refractivity contribution is 5.85. The van der Waals surface area contributed by atoms with E-state index in [0.717, 1.165) is 42.6 Å². The smallest absolute Gasteiger partial charge is 0.344 e. The Kier molecular flexibility index (Phi) is 5.35. The molecule has 0 bridgehead atoms. The fraction of sp³-hybridized carbons (Fsp3) is 0.348. The van der Waals surface area contributed by atoms with Gasteiger partial charge in [-0.15, -0.1) is 0 Å². The van der Waals surface area contributed by atoms with E-state index >= 15 is 0 Å². The minimum atomic E-state index is -0.402. The third-order valence-electron chi connectivity index (χ3n) is 5.46. The first kappa shape index (κ1) is 18.6. The number of methoxy groups -OCH3 is 1. The lowest BCUT2D eigenvalue weighted by Gasteiger charge is -2.21. The molecule has 1 aliphatic rings. The van der Waals surface area contributed by atoms with Crippen molar-refractivity contribution in [1.82, 2.24) is 4.90 Å². The van der Waals surface area contributed by atoms with Crippen molar-refractivity contribution >= 4 is 11.0 Å². The summed E-state index contributed by atoms with van der Waals surface area (Å²) in [5.74, 6) is 0.913. The normalized spacial score (nSPS) is 15.5. The topological polar surface area (TPSA) is 62.9 Å². The predicted octanol–water partition coefficient (Wildman–Crippen LogP) is 4.55. The molecule has 5 nitrogen and oxygen atoms in total. The van der Waals surface area contributed by atoms with Crippen molar-refractivity contribution in [2.24, 2.45) is 0 Å². The molecule has 1 aliphatic heterocycles. The Morgan fingerprint density at radius 2 is 1.75 bits per heavy atom. The molecule has 0 aliphatic carbocycles. The van der Waals surface area contributed by atoms with Crippen molar-refractivity contribution in [2.75, 3.05) is 20.2 Å². The van der Waals surface area contributed by atoms with E-state index in [1.807, 2.05) is 30.3 Å². The third-order valence-corrected chi connectivity index (χ3v) is 5.46. The van der Waals surface area contributed by atoms with Crippen molar-refractivity contribution in [3.05, 3.63) is 58.4 Å². The second kappa shape index (κ2) is 8.07. The Bertz CT molecular complexity index is 1020. The minimum absolute atomic E-state index is 0.178. The Hall–Kier alpha value is -2.79. The maximum absolute atomic E-state index is 12.7. The number of likely N-dealkylation sites (tertiary alicyclic amines) is 1. The van der Waals surface area contributed by atoms with Crippen LogP contribution in [0.5, 0.6) is 11.5 Å². The highest BCUT2D eigenvalue weighted by atomic mass is 16.5. The van der Waals surface area contributed by atoms with Crippen LogP contribution in [-0.4, -0.2) is 30.2 Å². The van der Waals surface area contributed by atoms with Crippen LogP contribution in [0.25, 0.3) is 22.1 Å². The quantitative estimate of drug-likeness (QED) is 0.674. The molecule has 3 aromatic rings. The monoisotopic (exact) mass is 379 g/mol. The summed E-state index contributed by atoms with van der Waals surface area (Å²) in [6, 6.07) is 12.7. The van der Waals surface area contributed by atoms with Crippen LogP contribution in [0.3, 0.4) is 0 Å². The molecule has 28 heavy (non-hydrogen) atoms. The molecule has 146 valence electrons. The van der Waals surface area contributed by atoms with Gasteiger partial charge in [-0.2, -0.15) is 0 Å². The summed E-state index contributed by atoms with van der Waals surface area (Å²) in [6.07, 6.45) is 4.82. The summed E-state index contributed by atoms with van der Waals surface area (Å²) in [4.78, 5) is 15.0. The van der Waals surface area contributed by atoms with Crippen LogP contribution in [0, 0.1) is 0 Å². The van der Waals surface area contributed by atoms with E-state index in [2.05, 4.69) is 4.90 Å². The van der Waals surface area contributed by atoms with Crippen LogP contribution < -0.4 is 10.4 Å². The second-order valence-corrected chi connectivity index (χ2v) is 7.35. The Balaban J connectivity index is 1.74. The standard InChI is InChI=1S/C23H25NO4/c1-27-18-9-6-16(7-10-18)19-14-17-8-11-21(25)20(22(17)28-23(19)26)15-24-12-4-2-3-5-13-24/h6-11,14,25H,2-5,12-13,15H2,1H3. The van der Waals surface area contributed by atoms with Gasteiger partial charge in [0.15, 0.2) is 0 Å². The molecule has 5 heteroatoms. The lowest BCUT2D eigenvalue weighted by atomic mass is 10.0. The lowest BCUT2D eigenvalue weighted by molar-refractivity contribution is 0.272. The molecular formula is C23H25NO4. The molecule has 2 heterocycles. The zero-order valence-electron chi connectivity index (χ0n) is 16.1. The predicted molar refractivity (Wildman–Crippen MR) is 110 cm³/mol. The van der Waals surface area contributed by atoms with E-state index < -0.39 is 5.63 Å². The van der Waals surface area contributed by atoms with Crippen molar-refractivity contribution in [1.29, 1.82) is 0 Å². The number of aromatic hydroxyl groups is 1. The second-order valence-electron chi connectivity index (χ2n) is 7.35. The Morgan fingerprint density at radius 1 is 1.04 bits per heavy atom. The maximum Gasteiger partial charge on any atom is 0.344 e. The average Bonchev–Trinajstić information content (AvgIpc) is 2.99. The average molecular weight is 379 g/mol. The molecule has 0 radical (unpaired) electrons. The van der Waals surface area contributed by atoms with Gasteiger partial charge in [0.2, 0.25) is 0 Å². The van der Waals surface area contributed by atoms with E-state index in [4.69, 9.17) is 9.15 Å². The molecule has 1 aromatic heterocycles.